The molecule has 1 aromatic rings. The van der Waals surface area contributed by atoms with E-state index in [0.717, 1.165) is 6.42 Å². The lowest BCUT2D eigenvalue weighted by atomic mass is 10.3. The first kappa shape index (κ1) is 12.9. The van der Waals surface area contributed by atoms with Crippen LogP contribution in [-0.4, -0.2) is 34.3 Å². The molecule has 1 N–H and O–H groups in total. The predicted octanol–water partition coefficient (Wildman–Crippen LogP) is 1.80. The van der Waals surface area contributed by atoms with Crippen molar-refractivity contribution in [1.82, 2.24) is 9.97 Å². The van der Waals surface area contributed by atoms with E-state index in [4.69, 9.17) is 21.4 Å². The Bertz CT molecular complexity index is 371. The number of aryl methyl sites for hydroxylation is 1. The smallest absolute Gasteiger partial charge is 0.354 e. The van der Waals surface area contributed by atoms with Gasteiger partial charge in [-0.3, -0.25) is 0 Å². The SMILES string of the molecule is CCOCCCc1nc(Cl)cc(C(=O)O)n1. The Balaban J connectivity index is 2.62. The maximum Gasteiger partial charge on any atom is 0.354 e. The van der Waals surface area contributed by atoms with Crippen molar-refractivity contribution in [3.63, 3.8) is 0 Å². The van der Waals surface area contributed by atoms with Crippen LogP contribution in [-0.2, 0) is 11.2 Å². The van der Waals surface area contributed by atoms with Crippen LogP contribution in [0.2, 0.25) is 5.15 Å². The summed E-state index contributed by atoms with van der Waals surface area (Å²) in [4.78, 5) is 18.5. The third-order valence-corrected chi connectivity index (χ3v) is 2.05. The number of hydrogen-bond acceptors (Lipinski definition) is 4. The van der Waals surface area contributed by atoms with Crippen LogP contribution >= 0.6 is 11.6 Å². The van der Waals surface area contributed by atoms with E-state index < -0.39 is 5.97 Å². The molecule has 0 aliphatic heterocycles. The lowest BCUT2D eigenvalue weighted by molar-refractivity contribution is 0.0690. The highest BCUT2D eigenvalue weighted by molar-refractivity contribution is 6.29. The van der Waals surface area contributed by atoms with Gasteiger partial charge in [0, 0.05) is 25.7 Å². The Morgan fingerprint density at radius 2 is 2.31 bits per heavy atom. The van der Waals surface area contributed by atoms with Crippen molar-refractivity contribution in [2.45, 2.75) is 19.8 Å². The van der Waals surface area contributed by atoms with E-state index in [1.54, 1.807) is 0 Å². The highest BCUT2D eigenvalue weighted by Crippen LogP contribution is 2.08. The summed E-state index contributed by atoms with van der Waals surface area (Å²) in [5.74, 6) is -0.667. The summed E-state index contributed by atoms with van der Waals surface area (Å²) in [6, 6.07) is 1.23. The molecule has 0 aliphatic rings. The van der Waals surface area contributed by atoms with E-state index in [2.05, 4.69) is 9.97 Å². The fourth-order valence-corrected chi connectivity index (χ4v) is 1.36. The zero-order valence-corrected chi connectivity index (χ0v) is 9.70. The van der Waals surface area contributed by atoms with Crippen LogP contribution in [0.15, 0.2) is 6.07 Å². The van der Waals surface area contributed by atoms with Crippen molar-refractivity contribution < 1.29 is 14.6 Å². The number of carbonyl (C=O) groups is 1. The molecule has 0 atom stereocenters. The number of aromatic carboxylic acids is 1. The van der Waals surface area contributed by atoms with Crippen LogP contribution in [0, 0.1) is 0 Å². The largest absolute Gasteiger partial charge is 0.477 e. The maximum absolute atomic E-state index is 10.7. The maximum atomic E-state index is 10.7. The number of carboxylic acids is 1. The second-order valence-corrected chi connectivity index (χ2v) is 3.49. The Morgan fingerprint density at radius 1 is 1.56 bits per heavy atom. The number of rotatable bonds is 6. The second kappa shape index (κ2) is 6.40. The molecule has 1 heterocycles. The van der Waals surface area contributed by atoms with Gasteiger partial charge in [0.05, 0.1) is 0 Å². The highest BCUT2D eigenvalue weighted by Gasteiger charge is 2.09. The molecular formula is C10H13ClN2O3. The van der Waals surface area contributed by atoms with Crippen molar-refractivity contribution in [1.29, 1.82) is 0 Å². The molecule has 5 nitrogen and oxygen atoms in total. The summed E-state index contributed by atoms with van der Waals surface area (Å²) < 4.78 is 5.16. The summed E-state index contributed by atoms with van der Waals surface area (Å²) in [6.07, 6.45) is 1.30. The average molecular weight is 245 g/mol. The fourth-order valence-electron chi connectivity index (χ4n) is 1.16. The number of carboxylic acid groups (broad SMARTS) is 1. The first-order valence-corrected chi connectivity index (χ1v) is 5.35. The van der Waals surface area contributed by atoms with Gasteiger partial charge in [-0.15, -0.1) is 0 Å². The normalized spacial score (nSPS) is 10.4. The van der Waals surface area contributed by atoms with Crippen LogP contribution in [0.1, 0.15) is 29.7 Å². The predicted molar refractivity (Wildman–Crippen MR) is 58.8 cm³/mol. The number of nitrogens with zero attached hydrogens (tertiary/aromatic N) is 2. The molecule has 88 valence electrons. The molecule has 0 bridgehead atoms. The standard InChI is InChI=1S/C10H13ClN2O3/c1-2-16-5-3-4-9-12-7(10(14)15)6-8(11)13-9/h6H,2-5H2,1H3,(H,14,15). The van der Waals surface area contributed by atoms with Crippen molar-refractivity contribution in [3.8, 4) is 0 Å². The molecule has 1 rings (SSSR count). The minimum atomic E-state index is -1.10. The third-order valence-electron chi connectivity index (χ3n) is 1.85. The van der Waals surface area contributed by atoms with Gasteiger partial charge in [0.15, 0.2) is 5.69 Å². The van der Waals surface area contributed by atoms with Crippen molar-refractivity contribution in [2.24, 2.45) is 0 Å². The van der Waals surface area contributed by atoms with Crippen LogP contribution in [0.4, 0.5) is 0 Å². The van der Waals surface area contributed by atoms with Crippen molar-refractivity contribution >= 4 is 17.6 Å². The minimum Gasteiger partial charge on any atom is -0.477 e. The molecule has 0 amide bonds. The van der Waals surface area contributed by atoms with Crippen molar-refractivity contribution in [2.75, 3.05) is 13.2 Å². The van der Waals surface area contributed by atoms with Gasteiger partial charge < -0.3 is 9.84 Å². The molecule has 0 spiro atoms. The van der Waals surface area contributed by atoms with Crippen molar-refractivity contribution in [3.05, 3.63) is 22.7 Å². The average Bonchev–Trinajstić information content (AvgIpc) is 2.23. The summed E-state index contributed by atoms with van der Waals surface area (Å²) in [6.45, 7) is 3.18. The number of halogens is 1. The van der Waals surface area contributed by atoms with Crippen LogP contribution < -0.4 is 0 Å². The van der Waals surface area contributed by atoms with Gasteiger partial charge in [-0.2, -0.15) is 0 Å². The minimum absolute atomic E-state index is 0.0774. The van der Waals surface area contributed by atoms with Gasteiger partial charge in [0.25, 0.3) is 0 Å². The van der Waals surface area contributed by atoms with Gasteiger partial charge >= 0.3 is 5.97 Å². The quantitative estimate of drug-likeness (QED) is 0.610. The van der Waals surface area contributed by atoms with E-state index >= 15 is 0 Å². The fraction of sp³-hybridized carbons (Fsp3) is 0.500. The highest BCUT2D eigenvalue weighted by atomic mass is 35.5. The van der Waals surface area contributed by atoms with Crippen LogP contribution in [0.5, 0.6) is 0 Å². The molecule has 0 unspecified atom stereocenters. The Labute approximate surface area is 98.4 Å². The Hall–Kier alpha value is -1.20. The van der Waals surface area contributed by atoms with Crippen LogP contribution in [0.3, 0.4) is 0 Å². The topological polar surface area (TPSA) is 72.3 Å². The lowest BCUT2D eigenvalue weighted by Gasteiger charge is -2.02. The first-order chi connectivity index (χ1) is 7.63. The second-order valence-electron chi connectivity index (χ2n) is 3.10. The first-order valence-electron chi connectivity index (χ1n) is 4.98. The molecule has 0 fully saturated rings. The molecule has 0 aromatic carbocycles. The Kier molecular flexibility index (Phi) is 5.14. The van der Waals surface area contributed by atoms with E-state index in [1.807, 2.05) is 6.92 Å². The van der Waals surface area contributed by atoms with E-state index in [0.29, 0.717) is 25.5 Å². The molecule has 6 heteroatoms. The number of aromatic nitrogens is 2. The Morgan fingerprint density at radius 3 is 2.94 bits per heavy atom. The summed E-state index contributed by atoms with van der Waals surface area (Å²) >= 11 is 5.69. The van der Waals surface area contributed by atoms with Gasteiger partial charge in [-0.25, -0.2) is 14.8 Å². The van der Waals surface area contributed by atoms with Gasteiger partial charge in [0.1, 0.15) is 11.0 Å². The third kappa shape index (κ3) is 4.12. The lowest BCUT2D eigenvalue weighted by Crippen LogP contribution is -2.06. The summed E-state index contributed by atoms with van der Waals surface area (Å²) in [5.41, 5.74) is -0.0774. The van der Waals surface area contributed by atoms with Crippen LogP contribution in [0.25, 0.3) is 0 Å². The van der Waals surface area contributed by atoms with E-state index in [9.17, 15) is 4.79 Å². The number of ether oxygens (including phenoxy) is 1. The zero-order chi connectivity index (χ0) is 12.0. The molecule has 1 aromatic heterocycles. The number of hydrogen-bond donors (Lipinski definition) is 1. The summed E-state index contributed by atoms with van der Waals surface area (Å²) in [7, 11) is 0. The van der Waals surface area contributed by atoms with Gasteiger partial charge in [-0.05, 0) is 13.3 Å². The monoisotopic (exact) mass is 244 g/mol. The van der Waals surface area contributed by atoms with E-state index in [-0.39, 0.29) is 10.8 Å². The summed E-state index contributed by atoms with van der Waals surface area (Å²) in [5, 5.41) is 8.92. The molecule has 0 radical (unpaired) electrons. The molecule has 0 aliphatic carbocycles. The van der Waals surface area contributed by atoms with Gasteiger partial charge in [-0.1, -0.05) is 11.6 Å². The molecular weight excluding hydrogens is 232 g/mol. The molecule has 16 heavy (non-hydrogen) atoms. The van der Waals surface area contributed by atoms with E-state index in [1.165, 1.54) is 6.07 Å². The molecule has 0 saturated carbocycles. The molecule has 0 saturated heterocycles. The van der Waals surface area contributed by atoms with Gasteiger partial charge in [0.2, 0.25) is 0 Å². The zero-order valence-electron chi connectivity index (χ0n) is 8.94.